The van der Waals surface area contributed by atoms with Crippen LogP contribution in [0.15, 0.2) is 54.6 Å². The van der Waals surface area contributed by atoms with Crippen molar-refractivity contribution in [3.05, 3.63) is 65.9 Å². The van der Waals surface area contributed by atoms with Crippen molar-refractivity contribution in [1.82, 2.24) is 9.78 Å². The van der Waals surface area contributed by atoms with Gasteiger partial charge < -0.3 is 4.74 Å². The standard InChI is InChI=1S/C20H20F2N2O3S/c1-26-17-9-7-16(8-10-17)24-19(13-18(23-24)20(21)22)15-5-3-14(4-6-15)11-12-27-28(2)25/h3-10,13,20H,11-12H2,1-2H3. The van der Waals surface area contributed by atoms with E-state index in [1.165, 1.54) is 17.0 Å². The Hall–Kier alpha value is -2.58. The van der Waals surface area contributed by atoms with E-state index in [4.69, 9.17) is 8.92 Å². The lowest BCUT2D eigenvalue weighted by molar-refractivity contribution is 0.145. The minimum absolute atomic E-state index is 0.284. The molecule has 0 saturated carbocycles. The summed E-state index contributed by atoms with van der Waals surface area (Å²) < 4.78 is 49.1. The van der Waals surface area contributed by atoms with Gasteiger partial charge in [-0.1, -0.05) is 24.3 Å². The van der Waals surface area contributed by atoms with Gasteiger partial charge in [-0.25, -0.2) is 17.7 Å². The second-order valence-electron chi connectivity index (χ2n) is 6.04. The number of hydrogen-bond donors (Lipinski definition) is 0. The molecule has 0 bridgehead atoms. The van der Waals surface area contributed by atoms with Crippen LogP contribution in [0.1, 0.15) is 17.7 Å². The van der Waals surface area contributed by atoms with Crippen LogP contribution in [0.25, 0.3) is 16.9 Å². The van der Waals surface area contributed by atoms with Gasteiger partial charge in [0.05, 0.1) is 25.1 Å². The molecule has 0 radical (unpaired) electrons. The average molecular weight is 406 g/mol. The molecule has 3 aromatic rings. The maximum Gasteiger partial charge on any atom is 0.282 e. The highest BCUT2D eigenvalue weighted by atomic mass is 32.2. The first-order chi connectivity index (χ1) is 13.5. The second kappa shape index (κ2) is 9.07. The fourth-order valence-corrected chi connectivity index (χ4v) is 3.07. The molecular weight excluding hydrogens is 386 g/mol. The zero-order chi connectivity index (χ0) is 20.1. The number of alkyl halides is 2. The maximum absolute atomic E-state index is 13.2. The van der Waals surface area contributed by atoms with Crippen molar-refractivity contribution < 1.29 is 21.9 Å². The van der Waals surface area contributed by atoms with Gasteiger partial charge in [0.2, 0.25) is 0 Å². The molecule has 0 fully saturated rings. The molecule has 28 heavy (non-hydrogen) atoms. The van der Waals surface area contributed by atoms with E-state index in [1.807, 2.05) is 24.3 Å². The zero-order valence-corrected chi connectivity index (χ0v) is 16.3. The SMILES string of the molecule is COc1ccc(-n2nc(C(F)F)cc2-c2ccc(CCOS(C)=O)cc2)cc1. The summed E-state index contributed by atoms with van der Waals surface area (Å²) in [4.78, 5) is 0. The van der Waals surface area contributed by atoms with Crippen LogP contribution >= 0.6 is 0 Å². The lowest BCUT2D eigenvalue weighted by Gasteiger charge is -2.09. The van der Waals surface area contributed by atoms with Crippen molar-refractivity contribution in [2.45, 2.75) is 12.8 Å². The van der Waals surface area contributed by atoms with Crippen LogP contribution in [0.2, 0.25) is 0 Å². The van der Waals surface area contributed by atoms with E-state index in [-0.39, 0.29) is 5.69 Å². The van der Waals surface area contributed by atoms with E-state index in [0.717, 1.165) is 11.1 Å². The van der Waals surface area contributed by atoms with E-state index in [9.17, 15) is 13.0 Å². The quantitative estimate of drug-likeness (QED) is 0.559. The van der Waals surface area contributed by atoms with Gasteiger partial charge in [-0.3, -0.25) is 4.18 Å². The molecule has 0 aliphatic carbocycles. The Morgan fingerprint density at radius 3 is 2.36 bits per heavy atom. The molecule has 0 amide bonds. The molecule has 1 aromatic heterocycles. The Morgan fingerprint density at radius 2 is 1.79 bits per heavy atom. The van der Waals surface area contributed by atoms with Gasteiger partial charge >= 0.3 is 0 Å². The highest BCUT2D eigenvalue weighted by Gasteiger charge is 2.17. The topological polar surface area (TPSA) is 53.4 Å². The average Bonchev–Trinajstić information content (AvgIpc) is 3.14. The predicted octanol–water partition coefficient (Wildman–Crippen LogP) is 4.34. The van der Waals surface area contributed by atoms with Gasteiger partial charge in [0, 0.05) is 11.8 Å². The summed E-state index contributed by atoms with van der Waals surface area (Å²) in [5, 5.41) is 4.08. The number of benzene rings is 2. The number of ether oxygens (including phenoxy) is 1. The molecule has 8 heteroatoms. The van der Waals surface area contributed by atoms with E-state index in [2.05, 4.69) is 5.10 Å². The fraction of sp³-hybridized carbons (Fsp3) is 0.250. The molecule has 1 heterocycles. The zero-order valence-electron chi connectivity index (χ0n) is 15.5. The molecule has 0 aliphatic rings. The van der Waals surface area contributed by atoms with Crippen molar-refractivity contribution in [3.63, 3.8) is 0 Å². The van der Waals surface area contributed by atoms with Crippen LogP contribution in [0.3, 0.4) is 0 Å². The van der Waals surface area contributed by atoms with Gasteiger partial charge in [-0.2, -0.15) is 5.10 Å². The molecule has 1 unspecified atom stereocenters. The van der Waals surface area contributed by atoms with Crippen LogP contribution in [0, 0.1) is 0 Å². The highest BCUT2D eigenvalue weighted by molar-refractivity contribution is 7.79. The second-order valence-corrected chi connectivity index (χ2v) is 7.07. The summed E-state index contributed by atoms with van der Waals surface area (Å²) in [5.41, 5.74) is 2.70. The van der Waals surface area contributed by atoms with E-state index < -0.39 is 17.5 Å². The molecule has 0 aliphatic heterocycles. The van der Waals surface area contributed by atoms with E-state index >= 15 is 0 Å². The predicted molar refractivity (Wildman–Crippen MR) is 104 cm³/mol. The Bertz CT molecular complexity index is 941. The lowest BCUT2D eigenvalue weighted by atomic mass is 10.1. The minimum Gasteiger partial charge on any atom is -0.497 e. The van der Waals surface area contributed by atoms with Gasteiger partial charge in [0.15, 0.2) is 11.1 Å². The summed E-state index contributed by atoms with van der Waals surface area (Å²) in [6.45, 7) is 0.349. The number of methoxy groups -OCH3 is 1. The summed E-state index contributed by atoms with van der Waals surface area (Å²) in [6.07, 6.45) is -0.575. The highest BCUT2D eigenvalue weighted by Crippen LogP contribution is 2.29. The Morgan fingerprint density at radius 1 is 1.11 bits per heavy atom. The first-order valence-electron chi connectivity index (χ1n) is 8.56. The van der Waals surface area contributed by atoms with Crippen molar-refractivity contribution in [3.8, 4) is 22.7 Å². The third-order valence-electron chi connectivity index (χ3n) is 4.16. The largest absolute Gasteiger partial charge is 0.497 e. The van der Waals surface area contributed by atoms with Gasteiger partial charge in [-0.15, -0.1) is 0 Å². The summed E-state index contributed by atoms with van der Waals surface area (Å²) in [5.74, 6) is 0.672. The number of rotatable bonds is 8. The Labute approximate surface area is 164 Å². The van der Waals surface area contributed by atoms with Crippen LogP contribution in [0.4, 0.5) is 8.78 Å². The number of nitrogens with zero attached hydrogens (tertiary/aromatic N) is 2. The van der Waals surface area contributed by atoms with E-state index in [0.29, 0.717) is 30.2 Å². The van der Waals surface area contributed by atoms with Crippen LogP contribution in [-0.4, -0.2) is 34.0 Å². The molecule has 0 saturated heterocycles. The third kappa shape index (κ3) is 4.82. The number of halogens is 2. The monoisotopic (exact) mass is 406 g/mol. The number of hydrogen-bond acceptors (Lipinski definition) is 4. The molecule has 0 spiro atoms. The molecule has 5 nitrogen and oxygen atoms in total. The molecule has 0 N–H and O–H groups in total. The van der Waals surface area contributed by atoms with Gasteiger partial charge in [0.1, 0.15) is 11.4 Å². The summed E-state index contributed by atoms with van der Waals surface area (Å²) >= 11 is -1.29. The molecule has 3 rings (SSSR count). The smallest absolute Gasteiger partial charge is 0.282 e. The fourth-order valence-electron chi connectivity index (χ4n) is 2.75. The van der Waals surface area contributed by atoms with Gasteiger partial charge in [-0.05, 0) is 42.3 Å². The number of aromatic nitrogens is 2. The van der Waals surface area contributed by atoms with Crippen molar-refractivity contribution >= 4 is 11.1 Å². The van der Waals surface area contributed by atoms with Crippen molar-refractivity contribution in [1.29, 1.82) is 0 Å². The van der Waals surface area contributed by atoms with Crippen molar-refractivity contribution in [2.75, 3.05) is 20.0 Å². The molecular formula is C20H20F2N2O3S. The van der Waals surface area contributed by atoms with Crippen molar-refractivity contribution in [2.24, 2.45) is 0 Å². The Balaban J connectivity index is 1.90. The van der Waals surface area contributed by atoms with Crippen LogP contribution < -0.4 is 4.74 Å². The van der Waals surface area contributed by atoms with Crippen LogP contribution in [-0.2, 0) is 21.7 Å². The first kappa shape index (κ1) is 20.2. The first-order valence-corrected chi connectivity index (χ1v) is 10.0. The Kier molecular flexibility index (Phi) is 6.53. The molecule has 2 aromatic carbocycles. The van der Waals surface area contributed by atoms with Gasteiger partial charge in [0.25, 0.3) is 6.43 Å². The summed E-state index contributed by atoms with van der Waals surface area (Å²) in [7, 11) is 1.56. The molecule has 148 valence electrons. The minimum atomic E-state index is -2.66. The third-order valence-corrected chi connectivity index (χ3v) is 4.66. The van der Waals surface area contributed by atoms with E-state index in [1.54, 1.807) is 31.4 Å². The normalized spacial score (nSPS) is 12.3. The van der Waals surface area contributed by atoms with Crippen LogP contribution in [0.5, 0.6) is 5.75 Å². The summed E-state index contributed by atoms with van der Waals surface area (Å²) in [6, 6.07) is 15.9. The lowest BCUT2D eigenvalue weighted by Crippen LogP contribution is -2.01. The maximum atomic E-state index is 13.2. The molecule has 1 atom stereocenters.